The number of anilines is 2. The van der Waals surface area contributed by atoms with E-state index in [1.165, 1.54) is 43.5 Å². The number of benzene rings is 2. The minimum Gasteiger partial charge on any atom is -0.469 e. The minimum absolute atomic E-state index is 0.113. The van der Waals surface area contributed by atoms with Crippen LogP contribution in [0.15, 0.2) is 36.4 Å². The van der Waals surface area contributed by atoms with E-state index >= 15 is 0 Å². The number of methoxy groups -OCH3 is 1. The lowest BCUT2D eigenvalue weighted by molar-refractivity contribution is -0.142. The molecule has 140 valence electrons. The number of carbonyl (C=O) groups is 3. The fourth-order valence-corrected chi connectivity index (χ4v) is 2.52. The molecule has 1 aliphatic rings. The molecule has 1 atom stereocenters. The number of halogens is 1. The predicted octanol–water partition coefficient (Wildman–Crippen LogP) is 1.81. The summed E-state index contributed by atoms with van der Waals surface area (Å²) < 4.78 is 23.1. The van der Waals surface area contributed by atoms with Crippen LogP contribution in [0, 0.1) is 5.82 Å². The van der Waals surface area contributed by atoms with Crippen molar-refractivity contribution in [2.45, 2.75) is 12.5 Å². The van der Waals surface area contributed by atoms with E-state index in [4.69, 9.17) is 10.5 Å². The van der Waals surface area contributed by atoms with Crippen LogP contribution >= 0.6 is 0 Å². The fourth-order valence-electron chi connectivity index (χ4n) is 2.52. The van der Waals surface area contributed by atoms with Crippen molar-refractivity contribution in [2.75, 3.05) is 18.2 Å². The van der Waals surface area contributed by atoms with E-state index in [0.29, 0.717) is 5.75 Å². The summed E-state index contributed by atoms with van der Waals surface area (Å²) in [4.78, 5) is 36.2. The second-order valence-electron chi connectivity index (χ2n) is 5.79. The molecule has 1 heterocycles. The van der Waals surface area contributed by atoms with Crippen LogP contribution in [0.1, 0.15) is 16.8 Å². The van der Waals surface area contributed by atoms with Gasteiger partial charge in [0.05, 0.1) is 30.5 Å². The molecule has 0 aliphatic carbocycles. The van der Waals surface area contributed by atoms with Gasteiger partial charge in [0, 0.05) is 0 Å². The number of fused-ring (bicyclic) bond motifs is 1. The SMILES string of the molecule is COC(=O)C[C@@H]1NC(=O)c2cc(Oc3ccc(F)cc3)c(N)cc2NC1=O. The predicted molar refractivity (Wildman–Crippen MR) is 93.8 cm³/mol. The summed E-state index contributed by atoms with van der Waals surface area (Å²) in [6.07, 6.45) is -0.309. The van der Waals surface area contributed by atoms with Crippen molar-refractivity contribution in [1.29, 1.82) is 0 Å². The zero-order valence-electron chi connectivity index (χ0n) is 14.2. The van der Waals surface area contributed by atoms with Crippen LogP contribution in [-0.4, -0.2) is 30.9 Å². The van der Waals surface area contributed by atoms with Crippen LogP contribution in [0.5, 0.6) is 11.5 Å². The van der Waals surface area contributed by atoms with Gasteiger partial charge in [-0.1, -0.05) is 0 Å². The van der Waals surface area contributed by atoms with E-state index in [-0.39, 0.29) is 29.1 Å². The molecular weight excluding hydrogens is 357 g/mol. The van der Waals surface area contributed by atoms with Crippen molar-refractivity contribution in [2.24, 2.45) is 0 Å². The molecule has 0 fully saturated rings. The first-order valence-electron chi connectivity index (χ1n) is 7.93. The number of hydrogen-bond acceptors (Lipinski definition) is 6. The summed E-state index contributed by atoms with van der Waals surface area (Å²) in [7, 11) is 1.19. The van der Waals surface area contributed by atoms with E-state index in [1.54, 1.807) is 0 Å². The van der Waals surface area contributed by atoms with Crippen LogP contribution in [-0.2, 0) is 14.3 Å². The Kier molecular flexibility index (Phi) is 4.93. The van der Waals surface area contributed by atoms with Gasteiger partial charge < -0.3 is 25.8 Å². The number of amides is 2. The van der Waals surface area contributed by atoms with Gasteiger partial charge in [0.2, 0.25) is 5.91 Å². The average molecular weight is 373 g/mol. The smallest absolute Gasteiger partial charge is 0.308 e. The van der Waals surface area contributed by atoms with Gasteiger partial charge in [-0.05, 0) is 36.4 Å². The number of rotatable bonds is 4. The molecule has 2 amide bonds. The van der Waals surface area contributed by atoms with Crippen LogP contribution < -0.4 is 21.1 Å². The third kappa shape index (κ3) is 3.97. The van der Waals surface area contributed by atoms with E-state index in [0.717, 1.165) is 0 Å². The quantitative estimate of drug-likeness (QED) is 0.555. The highest BCUT2D eigenvalue weighted by molar-refractivity contribution is 6.11. The third-order valence-electron chi connectivity index (χ3n) is 3.91. The number of nitrogen functional groups attached to an aromatic ring is 1. The van der Waals surface area contributed by atoms with Gasteiger partial charge in [0.15, 0.2) is 5.75 Å². The summed E-state index contributed by atoms with van der Waals surface area (Å²) >= 11 is 0. The average Bonchev–Trinajstić information content (AvgIpc) is 2.74. The van der Waals surface area contributed by atoms with Gasteiger partial charge in [-0.2, -0.15) is 0 Å². The number of esters is 1. The zero-order chi connectivity index (χ0) is 19.6. The Morgan fingerprint density at radius 1 is 1.22 bits per heavy atom. The summed E-state index contributed by atoms with van der Waals surface area (Å²) in [6, 6.07) is 6.93. The molecule has 27 heavy (non-hydrogen) atoms. The molecule has 0 saturated carbocycles. The third-order valence-corrected chi connectivity index (χ3v) is 3.91. The number of nitrogens with two attached hydrogens (primary N) is 1. The number of nitrogens with one attached hydrogen (secondary N) is 2. The topological polar surface area (TPSA) is 120 Å². The molecule has 1 aliphatic heterocycles. The summed E-state index contributed by atoms with van der Waals surface area (Å²) in [5.74, 6) is -1.72. The lowest BCUT2D eigenvalue weighted by Crippen LogP contribution is -2.42. The van der Waals surface area contributed by atoms with Crippen molar-refractivity contribution < 1.29 is 28.2 Å². The van der Waals surface area contributed by atoms with E-state index in [1.807, 2.05) is 0 Å². The molecule has 0 aromatic heterocycles. The maximum absolute atomic E-state index is 13.0. The molecular formula is C18H16FN3O5. The number of carbonyl (C=O) groups excluding carboxylic acids is 3. The normalized spacial score (nSPS) is 15.9. The van der Waals surface area contributed by atoms with Gasteiger partial charge in [0.25, 0.3) is 5.91 Å². The highest BCUT2D eigenvalue weighted by Gasteiger charge is 2.30. The molecule has 0 spiro atoms. The molecule has 9 heteroatoms. The van der Waals surface area contributed by atoms with Crippen molar-refractivity contribution in [3.8, 4) is 11.5 Å². The van der Waals surface area contributed by atoms with Crippen LogP contribution in [0.4, 0.5) is 15.8 Å². The maximum atomic E-state index is 13.0. The van der Waals surface area contributed by atoms with Crippen molar-refractivity contribution in [3.63, 3.8) is 0 Å². The van der Waals surface area contributed by atoms with Crippen molar-refractivity contribution in [3.05, 3.63) is 47.8 Å². The highest BCUT2D eigenvalue weighted by atomic mass is 19.1. The Balaban J connectivity index is 1.89. The molecule has 0 bridgehead atoms. The summed E-state index contributed by atoms with van der Waals surface area (Å²) in [5, 5.41) is 5.03. The maximum Gasteiger partial charge on any atom is 0.308 e. The standard InChI is InChI=1S/C18H16FN3O5/c1-26-16(23)8-14-18(25)21-13-7-12(20)15(6-11(13)17(24)22-14)27-10-4-2-9(19)3-5-10/h2-7,14H,8,20H2,1H3,(H,21,25)(H,22,24)/t14-/m0/s1. The van der Waals surface area contributed by atoms with Gasteiger partial charge in [-0.15, -0.1) is 0 Å². The van der Waals surface area contributed by atoms with E-state index < -0.39 is 29.6 Å². The Morgan fingerprint density at radius 2 is 1.93 bits per heavy atom. The van der Waals surface area contributed by atoms with Gasteiger partial charge >= 0.3 is 5.97 Å². The van der Waals surface area contributed by atoms with Gasteiger partial charge in [0.1, 0.15) is 17.6 Å². The van der Waals surface area contributed by atoms with E-state index in [9.17, 15) is 18.8 Å². The molecule has 2 aromatic rings. The highest BCUT2D eigenvalue weighted by Crippen LogP contribution is 2.34. The molecule has 3 rings (SSSR count). The Morgan fingerprint density at radius 3 is 2.59 bits per heavy atom. The molecule has 0 radical (unpaired) electrons. The molecule has 2 aromatic carbocycles. The monoisotopic (exact) mass is 373 g/mol. The molecule has 0 unspecified atom stereocenters. The second-order valence-corrected chi connectivity index (χ2v) is 5.79. The molecule has 4 N–H and O–H groups in total. The molecule has 8 nitrogen and oxygen atoms in total. The number of hydrogen-bond donors (Lipinski definition) is 3. The first-order valence-corrected chi connectivity index (χ1v) is 7.93. The second kappa shape index (κ2) is 7.32. The van der Waals surface area contributed by atoms with Gasteiger partial charge in [-0.25, -0.2) is 4.39 Å². The first kappa shape index (κ1) is 18.2. The van der Waals surface area contributed by atoms with Crippen LogP contribution in [0.25, 0.3) is 0 Å². The van der Waals surface area contributed by atoms with Crippen molar-refractivity contribution >= 4 is 29.2 Å². The lowest BCUT2D eigenvalue weighted by Gasteiger charge is -2.12. The van der Waals surface area contributed by atoms with Crippen molar-refractivity contribution in [1.82, 2.24) is 5.32 Å². The Hall–Kier alpha value is -3.62. The Labute approximate surface area is 153 Å². The molecule has 0 saturated heterocycles. The summed E-state index contributed by atoms with van der Waals surface area (Å²) in [6.45, 7) is 0. The van der Waals surface area contributed by atoms with Crippen LogP contribution in [0.3, 0.4) is 0 Å². The summed E-state index contributed by atoms with van der Waals surface area (Å²) in [5.41, 5.74) is 6.41. The zero-order valence-corrected chi connectivity index (χ0v) is 14.2. The Bertz CT molecular complexity index is 914. The van der Waals surface area contributed by atoms with Crippen LogP contribution in [0.2, 0.25) is 0 Å². The first-order chi connectivity index (χ1) is 12.9. The minimum atomic E-state index is -1.08. The lowest BCUT2D eigenvalue weighted by atomic mass is 10.1. The van der Waals surface area contributed by atoms with E-state index in [2.05, 4.69) is 15.4 Å². The van der Waals surface area contributed by atoms with Gasteiger partial charge in [-0.3, -0.25) is 14.4 Å². The largest absolute Gasteiger partial charge is 0.469 e. The fraction of sp³-hybridized carbons (Fsp3) is 0.167. The number of ether oxygens (including phenoxy) is 2.